The van der Waals surface area contributed by atoms with Gasteiger partial charge in [-0.25, -0.2) is 14.6 Å². The van der Waals surface area contributed by atoms with Crippen molar-refractivity contribution in [3.63, 3.8) is 0 Å². The number of anilines is 1. The quantitative estimate of drug-likeness (QED) is 0.433. The lowest BCUT2D eigenvalue weighted by Gasteiger charge is -2.36. The highest BCUT2D eigenvalue weighted by molar-refractivity contribution is 7.99. The average Bonchev–Trinajstić information content (AvgIpc) is 3.15. The van der Waals surface area contributed by atoms with Gasteiger partial charge in [0.2, 0.25) is 5.91 Å². The third-order valence-corrected chi connectivity index (χ3v) is 6.18. The van der Waals surface area contributed by atoms with E-state index in [-0.39, 0.29) is 5.91 Å². The van der Waals surface area contributed by atoms with Crippen LogP contribution in [0.3, 0.4) is 0 Å². The number of benzene rings is 1. The van der Waals surface area contributed by atoms with Crippen molar-refractivity contribution in [2.24, 2.45) is 0 Å². The Morgan fingerprint density at radius 1 is 1.06 bits per heavy atom. The van der Waals surface area contributed by atoms with E-state index in [0.29, 0.717) is 24.7 Å². The molecule has 0 aliphatic carbocycles. The number of methoxy groups -OCH3 is 1. The minimum Gasteiger partial charge on any atom is -0.497 e. The number of ether oxygens (including phenoxy) is 1. The van der Waals surface area contributed by atoms with Gasteiger partial charge in [0.25, 0.3) is 0 Å². The van der Waals surface area contributed by atoms with Crippen LogP contribution < -0.4 is 9.64 Å². The van der Waals surface area contributed by atoms with Crippen molar-refractivity contribution in [1.82, 2.24) is 24.6 Å². The summed E-state index contributed by atoms with van der Waals surface area (Å²) in [5, 5.41) is 5.23. The molecular weight excluding hydrogens is 412 g/mol. The molecule has 0 N–H and O–H groups in total. The summed E-state index contributed by atoms with van der Waals surface area (Å²) in [6.07, 6.45) is 1.52. The number of piperazine rings is 1. The molecule has 31 heavy (non-hydrogen) atoms. The number of carbonyl (C=O) groups is 1. The van der Waals surface area contributed by atoms with Crippen LogP contribution in [-0.2, 0) is 4.79 Å². The Bertz CT molecular complexity index is 1040. The summed E-state index contributed by atoms with van der Waals surface area (Å²) in [4.78, 5) is 25.6. The van der Waals surface area contributed by atoms with Crippen molar-refractivity contribution in [3.05, 3.63) is 54.1 Å². The molecular formula is C22H26N6O2S. The summed E-state index contributed by atoms with van der Waals surface area (Å²) in [6.45, 7) is 7.01. The molecule has 1 fully saturated rings. The third kappa shape index (κ3) is 4.99. The number of amides is 1. The fraction of sp³-hybridized carbons (Fsp3) is 0.364. The van der Waals surface area contributed by atoms with Gasteiger partial charge >= 0.3 is 0 Å². The molecule has 0 unspecified atom stereocenters. The Kier molecular flexibility index (Phi) is 6.41. The largest absolute Gasteiger partial charge is 0.497 e. The molecule has 0 bridgehead atoms. The van der Waals surface area contributed by atoms with Gasteiger partial charge in [0.05, 0.1) is 18.6 Å². The second kappa shape index (κ2) is 9.38. The number of nitrogens with zero attached hydrogens (tertiary/aromatic N) is 6. The van der Waals surface area contributed by atoms with E-state index < -0.39 is 0 Å². The maximum atomic E-state index is 12.7. The van der Waals surface area contributed by atoms with Crippen LogP contribution in [-0.4, -0.2) is 69.6 Å². The normalized spacial score (nSPS) is 14.0. The molecule has 0 spiro atoms. The third-order valence-electron chi connectivity index (χ3n) is 5.27. The number of carbonyl (C=O) groups excluding carboxylic acids is 1. The summed E-state index contributed by atoms with van der Waals surface area (Å²) in [5.41, 5.74) is 3.10. The van der Waals surface area contributed by atoms with Gasteiger partial charge in [-0.1, -0.05) is 11.8 Å². The van der Waals surface area contributed by atoms with Gasteiger partial charge in [-0.2, -0.15) is 5.10 Å². The van der Waals surface area contributed by atoms with Gasteiger partial charge in [0.15, 0.2) is 5.82 Å². The van der Waals surface area contributed by atoms with E-state index in [9.17, 15) is 4.79 Å². The molecule has 4 rings (SSSR count). The predicted octanol–water partition coefficient (Wildman–Crippen LogP) is 2.73. The molecule has 1 aromatic carbocycles. The smallest absolute Gasteiger partial charge is 0.233 e. The van der Waals surface area contributed by atoms with E-state index in [2.05, 4.69) is 32.1 Å². The standard InChI is InChI=1S/C22H26N6O2S/c1-16-12-17(2)28(25-16)20-13-21(24-15-23-20)31-14-22(29)27-10-8-26(9-11-27)18-4-6-19(30-3)7-5-18/h4-7,12-13,15H,8-11,14H2,1-3H3. The summed E-state index contributed by atoms with van der Waals surface area (Å²) >= 11 is 1.43. The zero-order chi connectivity index (χ0) is 21.8. The van der Waals surface area contributed by atoms with Crippen molar-refractivity contribution in [1.29, 1.82) is 0 Å². The lowest BCUT2D eigenvalue weighted by atomic mass is 10.2. The number of rotatable bonds is 6. The van der Waals surface area contributed by atoms with Crippen LogP contribution in [0.5, 0.6) is 5.75 Å². The molecule has 1 amide bonds. The number of thioether (sulfide) groups is 1. The first-order chi connectivity index (χ1) is 15.0. The van der Waals surface area contributed by atoms with E-state index in [4.69, 9.17) is 4.74 Å². The first-order valence-corrected chi connectivity index (χ1v) is 11.2. The van der Waals surface area contributed by atoms with Crippen LogP contribution in [0.4, 0.5) is 5.69 Å². The number of hydrogen-bond acceptors (Lipinski definition) is 7. The molecule has 9 heteroatoms. The zero-order valence-corrected chi connectivity index (χ0v) is 18.8. The Morgan fingerprint density at radius 2 is 1.81 bits per heavy atom. The number of aromatic nitrogens is 4. The first-order valence-electron chi connectivity index (χ1n) is 10.2. The maximum absolute atomic E-state index is 12.7. The molecule has 8 nitrogen and oxygen atoms in total. The van der Waals surface area contributed by atoms with Gasteiger partial charge in [0, 0.05) is 43.6 Å². The van der Waals surface area contributed by atoms with Gasteiger partial charge in [-0.3, -0.25) is 4.79 Å². The monoisotopic (exact) mass is 438 g/mol. The summed E-state index contributed by atoms with van der Waals surface area (Å²) in [6, 6.07) is 11.9. The predicted molar refractivity (Wildman–Crippen MR) is 121 cm³/mol. The molecule has 0 atom stereocenters. The summed E-state index contributed by atoms with van der Waals surface area (Å²) in [5.74, 6) is 2.05. The van der Waals surface area contributed by atoms with Crippen LogP contribution >= 0.6 is 11.8 Å². The van der Waals surface area contributed by atoms with Gasteiger partial charge in [-0.05, 0) is 44.2 Å². The zero-order valence-electron chi connectivity index (χ0n) is 18.0. The van der Waals surface area contributed by atoms with Crippen molar-refractivity contribution < 1.29 is 9.53 Å². The Hall–Kier alpha value is -3.07. The molecule has 162 valence electrons. The second-order valence-electron chi connectivity index (χ2n) is 7.41. The van der Waals surface area contributed by atoms with Crippen LogP contribution in [0.1, 0.15) is 11.4 Å². The molecule has 1 aliphatic rings. The second-order valence-corrected chi connectivity index (χ2v) is 8.40. The maximum Gasteiger partial charge on any atom is 0.233 e. The van der Waals surface area contributed by atoms with E-state index in [1.54, 1.807) is 11.8 Å². The summed E-state index contributed by atoms with van der Waals surface area (Å²) < 4.78 is 7.01. The molecule has 3 heterocycles. The van der Waals surface area contributed by atoms with Crippen molar-refractivity contribution in [2.75, 3.05) is 43.9 Å². The highest BCUT2D eigenvalue weighted by atomic mass is 32.2. The highest BCUT2D eigenvalue weighted by Gasteiger charge is 2.21. The first kappa shape index (κ1) is 21.2. The number of hydrogen-bond donors (Lipinski definition) is 0. The number of aryl methyl sites for hydroxylation is 2. The van der Waals surface area contributed by atoms with Crippen molar-refractivity contribution in [2.45, 2.75) is 18.9 Å². The molecule has 3 aromatic rings. The van der Waals surface area contributed by atoms with E-state index in [0.717, 1.165) is 40.9 Å². The minimum atomic E-state index is 0.130. The fourth-order valence-corrected chi connectivity index (χ4v) is 4.38. The van der Waals surface area contributed by atoms with Crippen LogP contribution in [0.2, 0.25) is 0 Å². The lowest BCUT2D eigenvalue weighted by molar-refractivity contribution is -0.128. The Balaban J connectivity index is 1.30. The van der Waals surface area contributed by atoms with Crippen LogP contribution in [0.15, 0.2) is 47.8 Å². The Morgan fingerprint density at radius 3 is 2.45 bits per heavy atom. The SMILES string of the molecule is COc1ccc(N2CCN(C(=O)CSc3cc(-n4nc(C)cc4C)ncn3)CC2)cc1. The Labute approximate surface area is 186 Å². The topological polar surface area (TPSA) is 76.4 Å². The van der Waals surface area contributed by atoms with E-state index >= 15 is 0 Å². The lowest BCUT2D eigenvalue weighted by Crippen LogP contribution is -2.49. The van der Waals surface area contributed by atoms with E-state index in [1.807, 2.05) is 43.0 Å². The molecule has 2 aromatic heterocycles. The summed E-state index contributed by atoms with van der Waals surface area (Å²) in [7, 11) is 1.67. The molecule has 0 radical (unpaired) electrons. The van der Waals surface area contributed by atoms with Crippen LogP contribution in [0.25, 0.3) is 5.82 Å². The van der Waals surface area contributed by atoms with Crippen LogP contribution in [0, 0.1) is 13.8 Å². The van der Waals surface area contributed by atoms with E-state index in [1.165, 1.54) is 18.1 Å². The fourth-order valence-electron chi connectivity index (χ4n) is 3.62. The molecule has 0 saturated carbocycles. The van der Waals surface area contributed by atoms with Gasteiger partial charge in [0.1, 0.15) is 17.1 Å². The minimum absolute atomic E-state index is 0.130. The van der Waals surface area contributed by atoms with Gasteiger partial charge < -0.3 is 14.5 Å². The highest BCUT2D eigenvalue weighted by Crippen LogP contribution is 2.22. The average molecular weight is 439 g/mol. The molecule has 1 saturated heterocycles. The van der Waals surface area contributed by atoms with Gasteiger partial charge in [-0.15, -0.1) is 0 Å². The van der Waals surface area contributed by atoms with Crippen molar-refractivity contribution >= 4 is 23.4 Å². The molecule has 1 aliphatic heterocycles. The van der Waals surface area contributed by atoms with Crippen molar-refractivity contribution in [3.8, 4) is 11.6 Å².